The van der Waals surface area contributed by atoms with E-state index in [-0.39, 0.29) is 5.02 Å². The number of ether oxygens (including phenoxy) is 1. The van der Waals surface area contributed by atoms with Crippen molar-refractivity contribution in [3.8, 4) is 0 Å². The Balaban J connectivity index is 1.93. The molecule has 3 rings (SSSR count). The number of halogens is 2. The second-order valence-corrected chi connectivity index (χ2v) is 6.39. The molecule has 2 aromatic rings. The SMILES string of the molecule is O=C(OC1(c2ccccc2)CCNCC1)c1cccc(Cl)c1Cl. The standard InChI is InChI=1S/C18H17Cl2NO2/c19-15-8-4-7-14(16(15)20)17(22)23-18(9-11-21-12-10-18)13-5-2-1-3-6-13/h1-8,21H,9-12H2. The summed E-state index contributed by atoms with van der Waals surface area (Å²) in [4.78, 5) is 12.7. The number of piperidine rings is 1. The Morgan fingerprint density at radius 1 is 1.00 bits per heavy atom. The zero-order valence-electron chi connectivity index (χ0n) is 12.5. The van der Waals surface area contributed by atoms with Gasteiger partial charge in [-0.15, -0.1) is 0 Å². The van der Waals surface area contributed by atoms with Crippen molar-refractivity contribution >= 4 is 29.2 Å². The molecule has 3 nitrogen and oxygen atoms in total. The van der Waals surface area contributed by atoms with Crippen molar-refractivity contribution in [1.82, 2.24) is 5.32 Å². The highest BCUT2D eigenvalue weighted by molar-refractivity contribution is 6.43. The van der Waals surface area contributed by atoms with Gasteiger partial charge in [-0.1, -0.05) is 59.6 Å². The molecule has 0 bridgehead atoms. The monoisotopic (exact) mass is 349 g/mol. The Morgan fingerprint density at radius 2 is 1.70 bits per heavy atom. The molecule has 2 aromatic carbocycles. The first kappa shape index (κ1) is 16.3. The lowest BCUT2D eigenvalue weighted by Crippen LogP contribution is -2.43. The summed E-state index contributed by atoms with van der Waals surface area (Å²) in [5.41, 5.74) is 0.677. The summed E-state index contributed by atoms with van der Waals surface area (Å²) in [6.07, 6.45) is 1.45. The Labute approximate surface area is 145 Å². The second kappa shape index (κ2) is 6.91. The van der Waals surface area contributed by atoms with Gasteiger partial charge in [0.05, 0.1) is 15.6 Å². The van der Waals surface area contributed by atoms with E-state index in [0.717, 1.165) is 31.5 Å². The third-order valence-electron chi connectivity index (χ3n) is 4.17. The fourth-order valence-electron chi connectivity index (χ4n) is 2.92. The maximum atomic E-state index is 12.7. The lowest BCUT2D eigenvalue weighted by Gasteiger charge is -2.37. The van der Waals surface area contributed by atoms with E-state index in [1.54, 1.807) is 18.2 Å². The number of hydrogen-bond acceptors (Lipinski definition) is 3. The zero-order valence-corrected chi connectivity index (χ0v) is 14.0. The van der Waals surface area contributed by atoms with Gasteiger partial charge in [-0.05, 0) is 30.8 Å². The van der Waals surface area contributed by atoms with Crippen LogP contribution in [-0.2, 0) is 10.3 Å². The van der Waals surface area contributed by atoms with Crippen molar-refractivity contribution in [2.24, 2.45) is 0 Å². The lowest BCUT2D eigenvalue weighted by atomic mass is 9.84. The zero-order chi connectivity index (χ0) is 16.3. The minimum Gasteiger partial charge on any atom is -0.450 e. The summed E-state index contributed by atoms with van der Waals surface area (Å²) in [7, 11) is 0. The van der Waals surface area contributed by atoms with E-state index >= 15 is 0 Å². The van der Waals surface area contributed by atoms with Crippen molar-refractivity contribution in [3.05, 3.63) is 69.7 Å². The van der Waals surface area contributed by atoms with E-state index in [1.165, 1.54) is 0 Å². The predicted octanol–water partition coefficient (Wildman–Crippen LogP) is 4.43. The van der Waals surface area contributed by atoms with Crippen molar-refractivity contribution in [2.75, 3.05) is 13.1 Å². The van der Waals surface area contributed by atoms with Crippen LogP contribution in [0.1, 0.15) is 28.8 Å². The molecule has 0 aliphatic carbocycles. The molecule has 1 heterocycles. The van der Waals surface area contributed by atoms with E-state index in [0.29, 0.717) is 10.6 Å². The van der Waals surface area contributed by atoms with E-state index < -0.39 is 11.6 Å². The van der Waals surface area contributed by atoms with Gasteiger partial charge in [-0.2, -0.15) is 0 Å². The lowest BCUT2D eigenvalue weighted by molar-refractivity contribution is -0.0378. The third kappa shape index (κ3) is 3.37. The van der Waals surface area contributed by atoms with Gasteiger partial charge >= 0.3 is 5.97 Å². The average Bonchev–Trinajstić information content (AvgIpc) is 2.59. The fourth-order valence-corrected chi connectivity index (χ4v) is 3.29. The molecule has 0 saturated carbocycles. The number of nitrogens with one attached hydrogen (secondary N) is 1. The van der Waals surface area contributed by atoms with Crippen LogP contribution >= 0.6 is 23.2 Å². The first-order valence-electron chi connectivity index (χ1n) is 7.56. The van der Waals surface area contributed by atoms with Crippen LogP contribution in [0.4, 0.5) is 0 Å². The Kier molecular flexibility index (Phi) is 4.90. The second-order valence-electron chi connectivity index (χ2n) is 5.60. The van der Waals surface area contributed by atoms with E-state index in [2.05, 4.69) is 5.32 Å². The molecule has 0 radical (unpaired) electrons. The molecule has 23 heavy (non-hydrogen) atoms. The van der Waals surface area contributed by atoms with Gasteiger partial charge in [0.15, 0.2) is 0 Å². The van der Waals surface area contributed by atoms with Crippen molar-refractivity contribution in [1.29, 1.82) is 0 Å². The summed E-state index contributed by atoms with van der Waals surface area (Å²) in [6.45, 7) is 1.59. The summed E-state index contributed by atoms with van der Waals surface area (Å²) >= 11 is 12.2. The fraction of sp³-hybridized carbons (Fsp3) is 0.278. The minimum atomic E-state index is -0.630. The first-order valence-corrected chi connectivity index (χ1v) is 8.32. The Bertz CT molecular complexity index is 697. The molecular formula is C18H17Cl2NO2. The highest BCUT2D eigenvalue weighted by Gasteiger charge is 2.38. The number of carbonyl (C=O) groups is 1. The number of hydrogen-bond donors (Lipinski definition) is 1. The third-order valence-corrected chi connectivity index (χ3v) is 4.99. The van der Waals surface area contributed by atoms with Crippen molar-refractivity contribution < 1.29 is 9.53 Å². The molecule has 0 spiro atoms. The van der Waals surface area contributed by atoms with E-state index in [4.69, 9.17) is 27.9 Å². The largest absolute Gasteiger partial charge is 0.450 e. The molecule has 1 aliphatic rings. The van der Waals surface area contributed by atoms with Crippen LogP contribution in [0.2, 0.25) is 10.0 Å². The Morgan fingerprint density at radius 3 is 2.39 bits per heavy atom. The normalized spacial score (nSPS) is 16.8. The summed E-state index contributed by atoms with van der Waals surface area (Å²) in [5.74, 6) is -0.441. The van der Waals surface area contributed by atoms with Crippen LogP contribution in [0.15, 0.2) is 48.5 Å². The van der Waals surface area contributed by atoms with E-state index in [1.807, 2.05) is 30.3 Å². The maximum absolute atomic E-state index is 12.7. The molecule has 0 unspecified atom stereocenters. The quantitative estimate of drug-likeness (QED) is 0.833. The molecule has 5 heteroatoms. The molecule has 1 aliphatic heterocycles. The van der Waals surface area contributed by atoms with Gasteiger partial charge in [0, 0.05) is 12.8 Å². The molecule has 120 valence electrons. The van der Waals surface area contributed by atoms with Crippen LogP contribution in [-0.4, -0.2) is 19.1 Å². The molecule has 1 N–H and O–H groups in total. The van der Waals surface area contributed by atoms with Crippen LogP contribution in [0, 0.1) is 0 Å². The van der Waals surface area contributed by atoms with Gasteiger partial charge in [0.25, 0.3) is 0 Å². The predicted molar refractivity (Wildman–Crippen MR) is 92.1 cm³/mol. The molecule has 0 amide bonds. The number of benzene rings is 2. The van der Waals surface area contributed by atoms with Gasteiger partial charge in [-0.25, -0.2) is 4.79 Å². The summed E-state index contributed by atoms with van der Waals surface area (Å²) in [5, 5.41) is 3.88. The molecule has 1 saturated heterocycles. The minimum absolute atomic E-state index is 0.233. The van der Waals surface area contributed by atoms with Gasteiger partial charge < -0.3 is 10.1 Å². The average molecular weight is 350 g/mol. The van der Waals surface area contributed by atoms with E-state index in [9.17, 15) is 4.79 Å². The van der Waals surface area contributed by atoms with Gasteiger partial charge in [0.2, 0.25) is 0 Å². The maximum Gasteiger partial charge on any atom is 0.340 e. The van der Waals surface area contributed by atoms with Crippen LogP contribution in [0.5, 0.6) is 0 Å². The smallest absolute Gasteiger partial charge is 0.340 e. The summed E-state index contributed by atoms with van der Waals surface area (Å²) in [6, 6.07) is 14.8. The van der Waals surface area contributed by atoms with Crippen LogP contribution in [0.3, 0.4) is 0 Å². The number of rotatable bonds is 3. The van der Waals surface area contributed by atoms with Crippen molar-refractivity contribution in [2.45, 2.75) is 18.4 Å². The molecule has 0 atom stereocenters. The van der Waals surface area contributed by atoms with Gasteiger partial charge in [0.1, 0.15) is 5.60 Å². The van der Waals surface area contributed by atoms with Crippen LogP contribution in [0.25, 0.3) is 0 Å². The molecular weight excluding hydrogens is 333 g/mol. The van der Waals surface area contributed by atoms with Crippen molar-refractivity contribution in [3.63, 3.8) is 0 Å². The highest BCUT2D eigenvalue weighted by Crippen LogP contribution is 2.36. The number of esters is 1. The number of carbonyl (C=O) groups excluding carboxylic acids is 1. The molecule has 1 fully saturated rings. The van der Waals surface area contributed by atoms with Crippen LogP contribution < -0.4 is 5.32 Å². The Hall–Kier alpha value is -1.55. The van der Waals surface area contributed by atoms with Gasteiger partial charge in [-0.3, -0.25) is 0 Å². The highest BCUT2D eigenvalue weighted by atomic mass is 35.5. The molecule has 0 aromatic heterocycles. The topological polar surface area (TPSA) is 38.3 Å². The summed E-state index contributed by atoms with van der Waals surface area (Å²) < 4.78 is 5.96. The first-order chi connectivity index (χ1) is 11.1.